The van der Waals surface area contributed by atoms with Gasteiger partial charge in [0.25, 0.3) is 0 Å². The smallest absolute Gasteiger partial charge is 0.230 e. The minimum Gasteiger partial charge on any atom is -0.498 e. The minimum absolute atomic E-state index is 0.0822. The lowest BCUT2D eigenvalue weighted by Crippen LogP contribution is -2.01. The highest BCUT2D eigenvalue weighted by Gasteiger charge is 2.35. The summed E-state index contributed by atoms with van der Waals surface area (Å²) < 4.78 is 67.1. The number of hydrogen-bond donors (Lipinski definition) is 0. The summed E-state index contributed by atoms with van der Waals surface area (Å²) in [5, 5.41) is 1.78. The van der Waals surface area contributed by atoms with Crippen molar-refractivity contribution in [2.45, 2.75) is 27.7 Å². The van der Waals surface area contributed by atoms with Gasteiger partial charge in [-0.15, -0.1) is 0 Å². The zero-order valence-corrected chi connectivity index (χ0v) is 26.5. The van der Waals surface area contributed by atoms with Crippen LogP contribution in [0.25, 0.3) is 33.8 Å². The van der Waals surface area contributed by atoms with E-state index >= 15 is 0 Å². The van der Waals surface area contributed by atoms with Crippen molar-refractivity contribution in [3.8, 4) is 0 Å². The Hall–Kier alpha value is -5.26. The molecule has 12 nitrogen and oxygen atoms in total. The molecule has 46 heavy (non-hydrogen) atoms. The first kappa shape index (κ1) is 33.6. The number of rotatable bonds is 24. The van der Waals surface area contributed by atoms with E-state index in [1.54, 1.807) is 0 Å². The van der Waals surface area contributed by atoms with Crippen LogP contribution < -0.4 is 0 Å². The topological polar surface area (TPSA) is 111 Å². The second-order valence-electron chi connectivity index (χ2n) is 9.01. The molecular weight excluding hydrogens is 600 g/mol. The Bertz CT molecular complexity index is 1240. The van der Waals surface area contributed by atoms with E-state index in [1.165, 1.54) is 50.1 Å². The Balaban J connectivity index is 1.63. The van der Waals surface area contributed by atoms with E-state index in [2.05, 4.69) is 0 Å². The minimum atomic E-state index is -0.0822. The maximum absolute atomic E-state index is 6.11. The molecule has 0 N–H and O–H groups in total. The van der Waals surface area contributed by atoms with Crippen LogP contribution in [0, 0.1) is 0 Å². The van der Waals surface area contributed by atoms with Crippen molar-refractivity contribution in [1.29, 1.82) is 0 Å². The molecule has 0 fully saturated rings. The molecule has 2 aliphatic carbocycles. The molecule has 2 aromatic carbocycles. The van der Waals surface area contributed by atoms with Crippen LogP contribution in [0.5, 0.6) is 0 Å². The fourth-order valence-corrected chi connectivity index (χ4v) is 4.54. The van der Waals surface area contributed by atoms with E-state index in [0.717, 1.165) is 33.0 Å². The van der Waals surface area contributed by atoms with Gasteiger partial charge in [0.05, 0.1) is 26.4 Å². The summed E-state index contributed by atoms with van der Waals surface area (Å²) in [5.41, 5.74) is 3.22. The number of hydrogen-bond acceptors (Lipinski definition) is 12. The van der Waals surface area contributed by atoms with Crippen LogP contribution >= 0.6 is 0 Å². The third-order valence-electron chi connectivity index (χ3n) is 6.30. The third kappa shape index (κ3) is 8.46. The van der Waals surface area contributed by atoms with E-state index < -0.39 is 0 Å². The molecule has 12 heteroatoms. The molecule has 0 saturated heterocycles. The van der Waals surface area contributed by atoms with Gasteiger partial charge in [0.1, 0.15) is 50.1 Å². The molecule has 0 atom stereocenters. The zero-order chi connectivity index (χ0) is 32.4. The van der Waals surface area contributed by atoms with Gasteiger partial charge in [-0.25, -0.2) is 0 Å². The molecule has 2 aliphatic rings. The Labute approximate surface area is 268 Å². The molecule has 4 rings (SSSR count). The quantitative estimate of drug-likeness (QED) is 0.0662. The highest BCUT2D eigenvalue weighted by atomic mass is 16.7. The van der Waals surface area contributed by atoms with Crippen molar-refractivity contribution in [3.63, 3.8) is 0 Å². The van der Waals surface area contributed by atoms with Gasteiger partial charge in [0, 0.05) is 33.0 Å². The maximum Gasteiger partial charge on any atom is 0.230 e. The van der Waals surface area contributed by atoms with Crippen molar-refractivity contribution in [3.05, 3.63) is 96.6 Å². The van der Waals surface area contributed by atoms with Gasteiger partial charge in [-0.1, -0.05) is 0 Å². The maximum atomic E-state index is 6.11. The molecule has 0 unspecified atom stereocenters. The van der Waals surface area contributed by atoms with Crippen LogP contribution in [0.4, 0.5) is 0 Å². The van der Waals surface area contributed by atoms with Gasteiger partial charge in [0.2, 0.25) is 27.2 Å². The first-order valence-electron chi connectivity index (χ1n) is 14.9. The standard InChI is InChI=1S/C34H40O12/c1-5-35-13-17-39-21-43-31-25-9-10-27-30-28(12-11-26(29(25)30)32(31)44-22-40-18-14-36-6-2)34(46-24-42-20-16-38-8-4)33(27)45-23-41-19-15-37-7-3/h9-20H,5-8,21-24H2,1-4H3/b17-13+,18-14+,19-15+,20-16+. The Morgan fingerprint density at radius 3 is 0.783 bits per heavy atom. The Morgan fingerprint density at radius 1 is 0.348 bits per heavy atom. The molecule has 0 bridgehead atoms. The second kappa shape index (κ2) is 18.5. The number of benzene rings is 2. The molecule has 0 heterocycles. The van der Waals surface area contributed by atoms with Crippen LogP contribution in [0.2, 0.25) is 0 Å². The van der Waals surface area contributed by atoms with E-state index in [-0.39, 0.29) is 27.2 Å². The largest absolute Gasteiger partial charge is 0.498 e. The molecule has 0 aromatic heterocycles. The highest BCUT2D eigenvalue weighted by Crippen LogP contribution is 2.51. The third-order valence-corrected chi connectivity index (χ3v) is 6.30. The average molecular weight is 641 g/mol. The van der Waals surface area contributed by atoms with Crippen molar-refractivity contribution in [2.75, 3.05) is 53.6 Å². The van der Waals surface area contributed by atoms with Crippen LogP contribution in [-0.2, 0) is 56.8 Å². The summed E-state index contributed by atoms with van der Waals surface area (Å²) in [5.74, 6) is 1.97. The molecule has 0 amide bonds. The second-order valence-corrected chi connectivity index (χ2v) is 9.01. The average Bonchev–Trinajstić information content (AvgIpc) is 3.54. The first-order valence-corrected chi connectivity index (χ1v) is 14.9. The van der Waals surface area contributed by atoms with Crippen molar-refractivity contribution >= 4 is 33.8 Å². The van der Waals surface area contributed by atoms with E-state index in [9.17, 15) is 0 Å². The van der Waals surface area contributed by atoms with Gasteiger partial charge in [-0.05, 0) is 52.0 Å². The van der Waals surface area contributed by atoms with Crippen LogP contribution in [-0.4, -0.2) is 53.6 Å². The van der Waals surface area contributed by atoms with Crippen LogP contribution in [0.1, 0.15) is 49.9 Å². The van der Waals surface area contributed by atoms with E-state index in [1.807, 2.05) is 52.0 Å². The summed E-state index contributed by atoms with van der Waals surface area (Å²) in [6, 6.07) is 7.75. The van der Waals surface area contributed by atoms with Gasteiger partial charge < -0.3 is 56.8 Å². The van der Waals surface area contributed by atoms with Gasteiger partial charge in [-0.2, -0.15) is 0 Å². The summed E-state index contributed by atoms with van der Waals surface area (Å²) in [7, 11) is 0. The SMILES string of the molecule is CCO/C=C/OCOC1=C(OCO/C=C/OCC)c2ccc3c4c(ccc1c24)C(OCO/C=C/OCC)=C3OCO/C=C/OCC. The van der Waals surface area contributed by atoms with E-state index in [4.69, 9.17) is 56.8 Å². The van der Waals surface area contributed by atoms with Crippen molar-refractivity contribution in [1.82, 2.24) is 0 Å². The fourth-order valence-electron chi connectivity index (χ4n) is 4.54. The summed E-state index contributed by atoms with van der Waals surface area (Å²) in [6.07, 6.45) is 11.5. The summed E-state index contributed by atoms with van der Waals surface area (Å²) >= 11 is 0. The lowest BCUT2D eigenvalue weighted by Gasteiger charge is -2.13. The highest BCUT2D eigenvalue weighted by molar-refractivity contribution is 6.19. The predicted octanol–water partition coefficient (Wildman–Crippen LogP) is 7.11. The molecule has 0 aliphatic heterocycles. The fraction of sp³-hybridized carbons (Fsp3) is 0.353. The summed E-state index contributed by atoms with van der Waals surface area (Å²) in [6.45, 7) is 9.32. The normalized spacial score (nSPS) is 13.4. The lowest BCUT2D eigenvalue weighted by atomic mass is 9.98. The lowest BCUT2D eigenvalue weighted by molar-refractivity contribution is 0.0389. The molecule has 0 saturated carbocycles. The predicted molar refractivity (Wildman–Crippen MR) is 169 cm³/mol. The van der Waals surface area contributed by atoms with Crippen LogP contribution in [0.3, 0.4) is 0 Å². The van der Waals surface area contributed by atoms with Gasteiger partial charge >= 0.3 is 0 Å². The monoisotopic (exact) mass is 640 g/mol. The molecule has 0 radical (unpaired) electrons. The van der Waals surface area contributed by atoms with Crippen molar-refractivity contribution in [2.24, 2.45) is 0 Å². The van der Waals surface area contributed by atoms with Crippen molar-refractivity contribution < 1.29 is 56.8 Å². The molecule has 248 valence electrons. The Kier molecular flexibility index (Phi) is 13.5. The molecule has 2 aromatic rings. The zero-order valence-electron chi connectivity index (χ0n) is 26.5. The molecular formula is C34H40O12. The Morgan fingerprint density at radius 2 is 0.565 bits per heavy atom. The number of ether oxygens (including phenoxy) is 12. The van der Waals surface area contributed by atoms with Crippen LogP contribution in [0.15, 0.2) is 74.4 Å². The van der Waals surface area contributed by atoms with Gasteiger partial charge in [0.15, 0.2) is 23.0 Å². The first-order chi connectivity index (χ1) is 22.8. The van der Waals surface area contributed by atoms with E-state index in [0.29, 0.717) is 49.5 Å². The summed E-state index contributed by atoms with van der Waals surface area (Å²) in [4.78, 5) is 0. The molecule has 0 spiro atoms. The van der Waals surface area contributed by atoms with Gasteiger partial charge in [-0.3, -0.25) is 0 Å².